The summed E-state index contributed by atoms with van der Waals surface area (Å²) in [6.45, 7) is 5.52. The van der Waals surface area contributed by atoms with E-state index in [4.69, 9.17) is 23.2 Å². The second-order valence-electron chi connectivity index (χ2n) is 6.75. The molecule has 0 N–H and O–H groups in total. The lowest BCUT2D eigenvalue weighted by molar-refractivity contribution is 0.0927. The van der Waals surface area contributed by atoms with Crippen LogP contribution in [0.2, 0.25) is 10.0 Å². The molecule has 3 rings (SSSR count). The quantitative estimate of drug-likeness (QED) is 0.602. The summed E-state index contributed by atoms with van der Waals surface area (Å²) in [5.41, 5.74) is 2.35. The molecule has 2 aromatic rings. The molecule has 0 bridgehead atoms. The van der Waals surface area contributed by atoms with Crippen molar-refractivity contribution in [2.24, 2.45) is 0 Å². The first-order chi connectivity index (χ1) is 11.5. The van der Waals surface area contributed by atoms with Crippen LogP contribution in [0, 0.1) is 5.82 Å². The van der Waals surface area contributed by atoms with Crippen LogP contribution in [0.15, 0.2) is 42.5 Å². The molecule has 2 aromatic carbocycles. The van der Waals surface area contributed by atoms with Gasteiger partial charge in [0.15, 0.2) is 0 Å². The zero-order valence-corrected chi connectivity index (χ0v) is 15.5. The van der Waals surface area contributed by atoms with Crippen LogP contribution < -0.4 is 0 Å². The summed E-state index contributed by atoms with van der Waals surface area (Å²) >= 11 is 12.1. The fourth-order valence-electron chi connectivity index (χ4n) is 3.78. The number of likely N-dealkylation sites (tertiary alicyclic amines) is 1. The molecule has 0 saturated carbocycles. The Labute approximate surface area is 153 Å². The van der Waals surface area contributed by atoms with E-state index >= 15 is 0 Å². The minimum atomic E-state index is -0.361. The van der Waals surface area contributed by atoms with Crippen LogP contribution in [0.4, 0.5) is 4.39 Å². The molecule has 1 aliphatic heterocycles. The lowest BCUT2D eigenvalue weighted by Crippen LogP contribution is -2.42. The van der Waals surface area contributed by atoms with Crippen molar-refractivity contribution in [1.82, 2.24) is 4.90 Å². The Morgan fingerprint density at radius 2 is 1.71 bits per heavy atom. The lowest BCUT2D eigenvalue weighted by Gasteiger charge is -2.44. The molecule has 1 nitrogen and oxygen atoms in total. The molecule has 1 aliphatic rings. The Bertz CT molecular complexity index is 699. The summed E-state index contributed by atoms with van der Waals surface area (Å²) in [4.78, 5) is 2.52. The summed E-state index contributed by atoms with van der Waals surface area (Å²) < 4.78 is 13.6. The van der Waals surface area contributed by atoms with E-state index in [-0.39, 0.29) is 16.9 Å². The van der Waals surface area contributed by atoms with E-state index in [1.54, 1.807) is 6.07 Å². The third-order valence-corrected chi connectivity index (χ3v) is 5.46. The minimum absolute atomic E-state index is 0.198. The van der Waals surface area contributed by atoms with Gasteiger partial charge in [-0.15, -0.1) is 0 Å². The molecule has 0 spiro atoms. The van der Waals surface area contributed by atoms with Crippen molar-refractivity contribution in [2.75, 3.05) is 6.54 Å². The average Bonchev–Trinajstić information content (AvgIpc) is 2.57. The van der Waals surface area contributed by atoms with Crippen LogP contribution in [-0.4, -0.2) is 17.5 Å². The number of hydrogen-bond donors (Lipinski definition) is 0. The van der Waals surface area contributed by atoms with Crippen LogP contribution in [0.3, 0.4) is 0 Å². The zero-order valence-electron chi connectivity index (χ0n) is 14.0. The van der Waals surface area contributed by atoms with Crippen LogP contribution >= 0.6 is 23.2 Å². The van der Waals surface area contributed by atoms with Gasteiger partial charge in [0.05, 0.1) is 5.02 Å². The van der Waals surface area contributed by atoms with Crippen molar-refractivity contribution in [3.8, 4) is 0 Å². The third-order valence-electron chi connectivity index (χ3n) is 4.92. The Morgan fingerprint density at radius 3 is 2.33 bits per heavy atom. The number of rotatable bonds is 3. The van der Waals surface area contributed by atoms with Gasteiger partial charge < -0.3 is 0 Å². The van der Waals surface area contributed by atoms with Crippen LogP contribution in [0.5, 0.6) is 0 Å². The lowest BCUT2D eigenvalue weighted by atomic mass is 9.79. The van der Waals surface area contributed by atoms with E-state index in [1.807, 2.05) is 18.2 Å². The second kappa shape index (κ2) is 7.43. The van der Waals surface area contributed by atoms with Crippen molar-refractivity contribution in [3.63, 3.8) is 0 Å². The molecule has 24 heavy (non-hydrogen) atoms. The van der Waals surface area contributed by atoms with Gasteiger partial charge in [0.2, 0.25) is 0 Å². The van der Waals surface area contributed by atoms with Gasteiger partial charge in [-0.25, -0.2) is 4.39 Å². The topological polar surface area (TPSA) is 3.24 Å². The van der Waals surface area contributed by atoms with Gasteiger partial charge in [0.1, 0.15) is 5.82 Å². The number of piperidine rings is 1. The predicted octanol–water partition coefficient (Wildman–Crippen LogP) is 6.46. The number of hydrogen-bond acceptors (Lipinski definition) is 1. The highest BCUT2D eigenvalue weighted by Gasteiger charge is 2.35. The summed E-state index contributed by atoms with van der Waals surface area (Å²) in [5.74, 6) is -0.0691. The molecule has 1 fully saturated rings. The summed E-state index contributed by atoms with van der Waals surface area (Å²) in [5, 5.41) is 0.941. The normalized spacial score (nSPS) is 22.1. The SMILES string of the molecule is CC(C)N1CCC[C@H](c2ccc(F)c(Cl)c2)[C@H]1c1ccc(Cl)cc1. The van der Waals surface area contributed by atoms with Gasteiger partial charge in [-0.05, 0) is 68.6 Å². The molecule has 0 amide bonds. The van der Waals surface area contributed by atoms with Crippen molar-refractivity contribution < 1.29 is 4.39 Å². The Balaban J connectivity index is 2.03. The van der Waals surface area contributed by atoms with Gasteiger partial charge in [-0.1, -0.05) is 41.4 Å². The maximum Gasteiger partial charge on any atom is 0.141 e. The molecule has 1 heterocycles. The molecule has 4 heteroatoms. The second-order valence-corrected chi connectivity index (χ2v) is 7.59. The fraction of sp³-hybridized carbons (Fsp3) is 0.400. The third kappa shape index (κ3) is 3.61. The molecule has 0 aliphatic carbocycles. The molecule has 0 unspecified atom stereocenters. The zero-order chi connectivity index (χ0) is 17.3. The van der Waals surface area contributed by atoms with Crippen LogP contribution in [0.25, 0.3) is 0 Å². The van der Waals surface area contributed by atoms with Gasteiger partial charge in [0.25, 0.3) is 0 Å². The van der Waals surface area contributed by atoms with E-state index in [2.05, 4.69) is 30.9 Å². The molecule has 128 valence electrons. The highest BCUT2D eigenvalue weighted by atomic mass is 35.5. The van der Waals surface area contributed by atoms with E-state index in [1.165, 1.54) is 11.6 Å². The molecule has 0 radical (unpaired) electrons. The predicted molar refractivity (Wildman–Crippen MR) is 99.4 cm³/mol. The fourth-order valence-corrected chi connectivity index (χ4v) is 4.09. The molecular formula is C20H22Cl2FN. The summed E-state index contributed by atoms with van der Waals surface area (Å²) in [6, 6.07) is 13.9. The first-order valence-electron chi connectivity index (χ1n) is 8.43. The standard InChI is InChI=1S/C20H22Cl2FN/c1-13(2)24-11-3-4-17(15-7-10-19(23)18(22)12-15)20(24)14-5-8-16(21)9-6-14/h5-10,12-13,17,20H,3-4,11H2,1-2H3/t17-,20-/m1/s1. The Morgan fingerprint density at radius 1 is 1.04 bits per heavy atom. The Hall–Kier alpha value is -1.09. The number of halogens is 3. The van der Waals surface area contributed by atoms with Crippen molar-refractivity contribution in [2.45, 2.75) is 44.7 Å². The van der Waals surface area contributed by atoms with Crippen molar-refractivity contribution in [1.29, 1.82) is 0 Å². The highest BCUT2D eigenvalue weighted by Crippen LogP contribution is 2.44. The first kappa shape index (κ1) is 17.7. The van der Waals surface area contributed by atoms with Gasteiger partial charge in [-0.3, -0.25) is 4.90 Å². The Kier molecular flexibility index (Phi) is 5.49. The van der Waals surface area contributed by atoms with Crippen LogP contribution in [-0.2, 0) is 0 Å². The van der Waals surface area contributed by atoms with Crippen molar-refractivity contribution in [3.05, 3.63) is 69.5 Å². The monoisotopic (exact) mass is 365 g/mol. The number of benzene rings is 2. The molecular weight excluding hydrogens is 344 g/mol. The molecule has 0 aromatic heterocycles. The van der Waals surface area contributed by atoms with Gasteiger partial charge >= 0.3 is 0 Å². The average molecular weight is 366 g/mol. The van der Waals surface area contributed by atoms with Gasteiger partial charge in [-0.2, -0.15) is 0 Å². The molecule has 1 saturated heterocycles. The minimum Gasteiger partial charge on any atom is -0.293 e. The van der Waals surface area contributed by atoms with Crippen LogP contribution in [0.1, 0.15) is 49.8 Å². The van der Waals surface area contributed by atoms with E-state index in [9.17, 15) is 4.39 Å². The maximum atomic E-state index is 13.6. The summed E-state index contributed by atoms with van der Waals surface area (Å²) in [7, 11) is 0. The largest absolute Gasteiger partial charge is 0.293 e. The van der Waals surface area contributed by atoms with E-state index < -0.39 is 0 Å². The smallest absolute Gasteiger partial charge is 0.141 e. The van der Waals surface area contributed by atoms with E-state index in [0.717, 1.165) is 30.0 Å². The summed E-state index contributed by atoms with van der Waals surface area (Å²) in [6.07, 6.45) is 2.19. The van der Waals surface area contributed by atoms with Crippen molar-refractivity contribution >= 4 is 23.2 Å². The van der Waals surface area contributed by atoms with Gasteiger partial charge in [0, 0.05) is 23.0 Å². The maximum absolute atomic E-state index is 13.6. The highest BCUT2D eigenvalue weighted by molar-refractivity contribution is 6.31. The number of nitrogens with zero attached hydrogens (tertiary/aromatic N) is 1. The first-order valence-corrected chi connectivity index (χ1v) is 9.19. The molecule has 2 atom stereocenters. The van der Waals surface area contributed by atoms with E-state index in [0.29, 0.717) is 12.0 Å².